The van der Waals surface area contributed by atoms with Gasteiger partial charge in [0.2, 0.25) is 11.0 Å². The Balaban J connectivity index is 1.45. The Morgan fingerprint density at radius 3 is 2.46 bits per heavy atom. The standard InChI is InChI=1S/C20H20N4O3S/c1-14(25)21-16-11-9-15(10-12-16)19(26)22-20-24-23-18(28-20)8-5-13-27-17-6-3-2-4-7-17/h2-4,6-7,9-12H,5,8,13H2,1H3,(H,21,25)(H,22,24,26). The van der Waals surface area contributed by atoms with Crippen molar-refractivity contribution in [2.24, 2.45) is 0 Å². The molecule has 0 aliphatic heterocycles. The van der Waals surface area contributed by atoms with Gasteiger partial charge in [-0.3, -0.25) is 14.9 Å². The second-order valence-corrected chi connectivity index (χ2v) is 7.04. The molecular weight excluding hydrogens is 376 g/mol. The summed E-state index contributed by atoms with van der Waals surface area (Å²) < 4.78 is 5.65. The lowest BCUT2D eigenvalue weighted by atomic mass is 10.2. The quantitative estimate of drug-likeness (QED) is 0.566. The number of aryl methyl sites for hydroxylation is 1. The number of aromatic nitrogens is 2. The van der Waals surface area contributed by atoms with Gasteiger partial charge in [-0.25, -0.2) is 0 Å². The molecule has 0 radical (unpaired) electrons. The van der Waals surface area contributed by atoms with Crippen molar-refractivity contribution in [3.63, 3.8) is 0 Å². The third-order valence-electron chi connectivity index (χ3n) is 3.70. The lowest BCUT2D eigenvalue weighted by Crippen LogP contribution is -2.12. The second kappa shape index (κ2) is 9.61. The molecule has 0 aliphatic rings. The van der Waals surface area contributed by atoms with E-state index in [4.69, 9.17) is 4.74 Å². The Morgan fingerprint density at radius 2 is 1.75 bits per heavy atom. The summed E-state index contributed by atoms with van der Waals surface area (Å²) in [7, 11) is 0. The van der Waals surface area contributed by atoms with E-state index in [9.17, 15) is 9.59 Å². The summed E-state index contributed by atoms with van der Waals surface area (Å²) in [6.45, 7) is 2.02. The maximum absolute atomic E-state index is 12.3. The molecule has 28 heavy (non-hydrogen) atoms. The molecule has 0 unspecified atom stereocenters. The SMILES string of the molecule is CC(=O)Nc1ccc(C(=O)Nc2nnc(CCCOc3ccccc3)s2)cc1. The predicted octanol–water partition coefficient (Wildman–Crippen LogP) is 3.76. The average molecular weight is 396 g/mol. The summed E-state index contributed by atoms with van der Waals surface area (Å²) in [6, 6.07) is 16.3. The molecule has 3 aromatic rings. The lowest BCUT2D eigenvalue weighted by molar-refractivity contribution is -0.114. The van der Waals surface area contributed by atoms with E-state index in [0.717, 1.165) is 23.6 Å². The van der Waals surface area contributed by atoms with Crippen molar-refractivity contribution in [2.45, 2.75) is 19.8 Å². The van der Waals surface area contributed by atoms with Gasteiger partial charge in [-0.1, -0.05) is 29.5 Å². The van der Waals surface area contributed by atoms with Crippen LogP contribution < -0.4 is 15.4 Å². The fourth-order valence-electron chi connectivity index (χ4n) is 2.41. The Bertz CT molecular complexity index is 926. The molecule has 0 atom stereocenters. The minimum absolute atomic E-state index is 0.159. The van der Waals surface area contributed by atoms with Crippen LogP contribution in [0.15, 0.2) is 54.6 Å². The van der Waals surface area contributed by atoms with Gasteiger partial charge >= 0.3 is 0 Å². The molecule has 0 spiro atoms. The number of anilines is 2. The summed E-state index contributed by atoms with van der Waals surface area (Å²) >= 11 is 1.35. The van der Waals surface area contributed by atoms with Gasteiger partial charge in [-0.05, 0) is 42.8 Å². The van der Waals surface area contributed by atoms with Crippen LogP contribution in [0.3, 0.4) is 0 Å². The summed E-state index contributed by atoms with van der Waals surface area (Å²) in [6.07, 6.45) is 1.54. The summed E-state index contributed by atoms with van der Waals surface area (Å²) in [4.78, 5) is 23.3. The smallest absolute Gasteiger partial charge is 0.257 e. The van der Waals surface area contributed by atoms with Gasteiger partial charge in [0.25, 0.3) is 5.91 Å². The average Bonchev–Trinajstić information content (AvgIpc) is 3.13. The molecule has 8 heteroatoms. The Labute approximate surface area is 166 Å². The lowest BCUT2D eigenvalue weighted by Gasteiger charge is -2.04. The van der Waals surface area contributed by atoms with Crippen LogP contribution in [0.1, 0.15) is 28.7 Å². The van der Waals surface area contributed by atoms with Crippen LogP contribution >= 0.6 is 11.3 Å². The van der Waals surface area contributed by atoms with Gasteiger partial charge in [0.1, 0.15) is 10.8 Å². The number of hydrogen-bond donors (Lipinski definition) is 2. The fraction of sp³-hybridized carbons (Fsp3) is 0.200. The van der Waals surface area contributed by atoms with Crippen molar-refractivity contribution in [2.75, 3.05) is 17.2 Å². The first kappa shape index (κ1) is 19.5. The fourth-order valence-corrected chi connectivity index (χ4v) is 3.19. The molecule has 1 aromatic heterocycles. The predicted molar refractivity (Wildman–Crippen MR) is 109 cm³/mol. The maximum atomic E-state index is 12.3. The highest BCUT2D eigenvalue weighted by atomic mass is 32.1. The highest BCUT2D eigenvalue weighted by molar-refractivity contribution is 7.15. The molecule has 2 aromatic carbocycles. The highest BCUT2D eigenvalue weighted by Crippen LogP contribution is 2.18. The minimum atomic E-state index is -0.274. The zero-order valence-electron chi connectivity index (χ0n) is 15.3. The molecule has 0 aliphatic carbocycles. The van der Waals surface area contributed by atoms with Crippen LogP contribution in [0, 0.1) is 0 Å². The van der Waals surface area contributed by atoms with Crippen molar-refractivity contribution >= 4 is 34.0 Å². The number of benzene rings is 2. The number of ether oxygens (including phenoxy) is 1. The molecule has 0 fully saturated rings. The number of rotatable bonds is 8. The molecule has 3 rings (SSSR count). The van der Waals surface area contributed by atoms with E-state index in [0.29, 0.717) is 23.0 Å². The third-order valence-corrected chi connectivity index (χ3v) is 4.60. The normalized spacial score (nSPS) is 10.3. The van der Waals surface area contributed by atoms with Crippen LogP contribution in [-0.2, 0) is 11.2 Å². The minimum Gasteiger partial charge on any atom is -0.494 e. The first-order valence-corrected chi connectivity index (χ1v) is 9.61. The number of para-hydroxylation sites is 1. The molecule has 0 bridgehead atoms. The van der Waals surface area contributed by atoms with E-state index in [-0.39, 0.29) is 11.8 Å². The first-order valence-electron chi connectivity index (χ1n) is 8.79. The molecule has 7 nitrogen and oxygen atoms in total. The Hall–Kier alpha value is -3.26. The molecule has 144 valence electrons. The molecule has 1 heterocycles. The molecular formula is C20H20N4O3S. The first-order chi connectivity index (χ1) is 13.6. The summed E-state index contributed by atoms with van der Waals surface area (Å²) in [5.41, 5.74) is 1.11. The molecule has 2 N–H and O–H groups in total. The number of amides is 2. The Morgan fingerprint density at radius 1 is 1.00 bits per heavy atom. The third kappa shape index (κ3) is 5.88. The van der Waals surface area contributed by atoms with Gasteiger partial charge in [0.15, 0.2) is 0 Å². The van der Waals surface area contributed by atoms with Crippen molar-refractivity contribution in [1.29, 1.82) is 0 Å². The second-order valence-electron chi connectivity index (χ2n) is 5.98. The van der Waals surface area contributed by atoms with E-state index in [1.54, 1.807) is 24.3 Å². The number of nitrogens with one attached hydrogen (secondary N) is 2. The van der Waals surface area contributed by atoms with Gasteiger partial charge in [-0.2, -0.15) is 0 Å². The van der Waals surface area contributed by atoms with E-state index in [1.165, 1.54) is 18.3 Å². The maximum Gasteiger partial charge on any atom is 0.257 e. The molecule has 0 saturated heterocycles. The van der Waals surface area contributed by atoms with Gasteiger partial charge in [-0.15, -0.1) is 10.2 Å². The molecule has 2 amide bonds. The zero-order valence-corrected chi connectivity index (χ0v) is 16.2. The summed E-state index contributed by atoms with van der Waals surface area (Å²) in [5, 5.41) is 14.8. The Kier molecular flexibility index (Phi) is 6.69. The van der Waals surface area contributed by atoms with Crippen LogP contribution in [0.4, 0.5) is 10.8 Å². The van der Waals surface area contributed by atoms with Crippen LogP contribution in [0.2, 0.25) is 0 Å². The number of carbonyl (C=O) groups excluding carboxylic acids is 2. The van der Waals surface area contributed by atoms with Gasteiger partial charge in [0, 0.05) is 24.6 Å². The van der Waals surface area contributed by atoms with Crippen LogP contribution in [0.5, 0.6) is 5.75 Å². The molecule has 0 saturated carbocycles. The van der Waals surface area contributed by atoms with Crippen molar-refractivity contribution < 1.29 is 14.3 Å². The number of carbonyl (C=O) groups is 2. The zero-order chi connectivity index (χ0) is 19.8. The highest BCUT2D eigenvalue weighted by Gasteiger charge is 2.10. The van der Waals surface area contributed by atoms with Crippen molar-refractivity contribution in [1.82, 2.24) is 10.2 Å². The largest absolute Gasteiger partial charge is 0.494 e. The van der Waals surface area contributed by atoms with Crippen molar-refractivity contribution in [3.8, 4) is 5.75 Å². The van der Waals surface area contributed by atoms with Crippen molar-refractivity contribution in [3.05, 3.63) is 65.2 Å². The van der Waals surface area contributed by atoms with E-state index in [2.05, 4.69) is 20.8 Å². The van der Waals surface area contributed by atoms with Gasteiger partial charge in [0.05, 0.1) is 6.61 Å². The van der Waals surface area contributed by atoms with Gasteiger partial charge < -0.3 is 10.1 Å². The topological polar surface area (TPSA) is 93.2 Å². The van der Waals surface area contributed by atoms with E-state index >= 15 is 0 Å². The summed E-state index contributed by atoms with van der Waals surface area (Å²) in [5.74, 6) is 0.412. The number of nitrogens with zero attached hydrogens (tertiary/aromatic N) is 2. The number of hydrogen-bond acceptors (Lipinski definition) is 6. The van der Waals surface area contributed by atoms with Crippen LogP contribution in [-0.4, -0.2) is 28.6 Å². The van der Waals surface area contributed by atoms with E-state index in [1.807, 2.05) is 30.3 Å². The monoisotopic (exact) mass is 396 g/mol. The van der Waals surface area contributed by atoms with Crippen LogP contribution in [0.25, 0.3) is 0 Å². The van der Waals surface area contributed by atoms with E-state index < -0.39 is 0 Å².